The van der Waals surface area contributed by atoms with Gasteiger partial charge in [0.15, 0.2) is 0 Å². The van der Waals surface area contributed by atoms with Crippen LogP contribution in [0.2, 0.25) is 0 Å². The molecule has 1 aliphatic carbocycles. The molecule has 4 heteroatoms. The van der Waals surface area contributed by atoms with E-state index in [0.29, 0.717) is 5.57 Å². The zero-order valence-corrected chi connectivity index (χ0v) is 14.1. The Morgan fingerprint density at radius 1 is 1.21 bits per heavy atom. The maximum Gasteiger partial charge on any atom is 0.262 e. The first kappa shape index (κ1) is 16.7. The van der Waals surface area contributed by atoms with Gasteiger partial charge in [-0.15, -0.1) is 0 Å². The van der Waals surface area contributed by atoms with Crippen molar-refractivity contribution in [3.8, 4) is 6.07 Å². The van der Waals surface area contributed by atoms with Gasteiger partial charge in [-0.25, -0.2) is 0 Å². The first-order chi connectivity index (χ1) is 11.8. The number of amides is 1. The average Bonchev–Trinajstić information content (AvgIpc) is 3.04. The van der Waals surface area contributed by atoms with E-state index in [-0.39, 0.29) is 11.9 Å². The number of nitrogens with zero attached hydrogens (tertiary/aromatic N) is 2. The molecule has 0 spiro atoms. The Bertz CT molecular complexity index is 637. The Morgan fingerprint density at radius 2 is 1.96 bits per heavy atom. The van der Waals surface area contributed by atoms with Crippen molar-refractivity contribution in [2.75, 3.05) is 13.1 Å². The molecule has 24 heavy (non-hydrogen) atoms. The van der Waals surface area contributed by atoms with E-state index in [9.17, 15) is 10.1 Å². The first-order valence-corrected chi connectivity index (χ1v) is 8.95. The number of hydrogen-bond acceptors (Lipinski definition) is 3. The number of benzene rings is 1. The Labute approximate surface area is 144 Å². The maximum atomic E-state index is 12.5. The van der Waals surface area contributed by atoms with Gasteiger partial charge in [0.05, 0.1) is 0 Å². The van der Waals surface area contributed by atoms with Crippen molar-refractivity contribution >= 4 is 5.91 Å². The molecule has 2 fully saturated rings. The van der Waals surface area contributed by atoms with Crippen molar-refractivity contribution in [2.24, 2.45) is 0 Å². The molecule has 126 valence electrons. The Balaban J connectivity index is 1.55. The second-order valence-electron chi connectivity index (χ2n) is 6.83. The quantitative estimate of drug-likeness (QED) is 0.684. The minimum absolute atomic E-state index is 0.147. The molecule has 4 nitrogen and oxygen atoms in total. The van der Waals surface area contributed by atoms with Crippen LogP contribution >= 0.6 is 0 Å². The van der Waals surface area contributed by atoms with Crippen LogP contribution < -0.4 is 5.32 Å². The number of nitrogens with one attached hydrogen (secondary N) is 1. The van der Waals surface area contributed by atoms with Crippen LogP contribution in [0, 0.1) is 11.3 Å². The third-order valence-electron chi connectivity index (χ3n) is 5.01. The minimum Gasteiger partial charge on any atom is -0.347 e. The summed E-state index contributed by atoms with van der Waals surface area (Å²) in [6, 6.07) is 12.7. The lowest BCUT2D eigenvalue weighted by molar-refractivity contribution is -0.117. The van der Waals surface area contributed by atoms with Crippen LogP contribution in [0.5, 0.6) is 0 Å². The normalized spacial score (nSPS) is 21.3. The average molecular weight is 323 g/mol. The number of carbonyl (C=O) groups is 1. The van der Waals surface area contributed by atoms with E-state index in [2.05, 4.69) is 40.6 Å². The third kappa shape index (κ3) is 4.24. The standard InChI is InChI=1S/C20H25N3O/c21-13-19(17-9-5-2-6-10-17)20(24)22-18-11-12-23(15-18)14-16-7-3-1-4-8-16/h1,3-4,7-8,18H,2,5-6,9-12,14-15H2,(H,22,24). The lowest BCUT2D eigenvalue weighted by Gasteiger charge is -2.18. The first-order valence-electron chi connectivity index (χ1n) is 8.95. The van der Waals surface area contributed by atoms with Gasteiger partial charge >= 0.3 is 0 Å². The van der Waals surface area contributed by atoms with Crippen LogP contribution in [-0.2, 0) is 11.3 Å². The van der Waals surface area contributed by atoms with Crippen LogP contribution in [0.1, 0.15) is 44.1 Å². The van der Waals surface area contributed by atoms with E-state index in [4.69, 9.17) is 0 Å². The van der Waals surface area contributed by atoms with E-state index in [1.165, 1.54) is 12.0 Å². The van der Waals surface area contributed by atoms with Crippen molar-refractivity contribution in [1.29, 1.82) is 5.26 Å². The molecule has 1 aromatic carbocycles. The van der Waals surface area contributed by atoms with Gasteiger partial charge in [-0.3, -0.25) is 9.69 Å². The van der Waals surface area contributed by atoms with Gasteiger partial charge in [-0.2, -0.15) is 5.26 Å². The summed E-state index contributed by atoms with van der Waals surface area (Å²) >= 11 is 0. The summed E-state index contributed by atoms with van der Waals surface area (Å²) in [4.78, 5) is 14.8. The molecule has 1 unspecified atom stereocenters. The fraction of sp³-hybridized carbons (Fsp3) is 0.500. The lowest BCUT2D eigenvalue weighted by atomic mass is 9.91. The Kier molecular flexibility index (Phi) is 5.66. The highest BCUT2D eigenvalue weighted by molar-refractivity contribution is 5.98. The summed E-state index contributed by atoms with van der Waals surface area (Å²) in [7, 11) is 0. The predicted molar refractivity (Wildman–Crippen MR) is 94.0 cm³/mol. The molecule has 1 amide bonds. The maximum absolute atomic E-state index is 12.5. The van der Waals surface area contributed by atoms with Gasteiger partial charge in [0.2, 0.25) is 0 Å². The van der Waals surface area contributed by atoms with Crippen molar-refractivity contribution in [3.05, 3.63) is 47.0 Å². The van der Waals surface area contributed by atoms with Crippen LogP contribution in [-0.4, -0.2) is 29.9 Å². The van der Waals surface area contributed by atoms with E-state index in [1.807, 2.05) is 6.07 Å². The molecule has 1 atom stereocenters. The fourth-order valence-electron chi connectivity index (χ4n) is 3.71. The van der Waals surface area contributed by atoms with E-state index < -0.39 is 0 Å². The molecule has 1 aliphatic heterocycles. The van der Waals surface area contributed by atoms with E-state index >= 15 is 0 Å². The number of likely N-dealkylation sites (tertiary alicyclic amines) is 1. The summed E-state index contributed by atoms with van der Waals surface area (Å²) in [6.07, 6.45) is 6.17. The molecular formula is C20H25N3O. The van der Waals surface area contributed by atoms with Crippen molar-refractivity contribution in [3.63, 3.8) is 0 Å². The second-order valence-corrected chi connectivity index (χ2v) is 6.83. The molecule has 1 aromatic rings. The monoisotopic (exact) mass is 323 g/mol. The largest absolute Gasteiger partial charge is 0.347 e. The molecule has 0 aromatic heterocycles. The van der Waals surface area contributed by atoms with Gasteiger partial charge < -0.3 is 5.32 Å². The molecule has 1 heterocycles. The third-order valence-corrected chi connectivity index (χ3v) is 5.01. The molecule has 0 bridgehead atoms. The van der Waals surface area contributed by atoms with Crippen LogP contribution in [0.25, 0.3) is 0 Å². The summed E-state index contributed by atoms with van der Waals surface area (Å²) in [5, 5.41) is 12.5. The summed E-state index contributed by atoms with van der Waals surface area (Å²) in [6.45, 7) is 2.76. The van der Waals surface area contributed by atoms with Crippen LogP contribution in [0.15, 0.2) is 41.5 Å². The lowest BCUT2D eigenvalue weighted by Crippen LogP contribution is -2.38. The van der Waals surface area contributed by atoms with Crippen molar-refractivity contribution in [1.82, 2.24) is 10.2 Å². The van der Waals surface area contributed by atoms with Gasteiger partial charge in [0.25, 0.3) is 5.91 Å². The molecule has 3 rings (SSSR count). The topological polar surface area (TPSA) is 56.1 Å². The smallest absolute Gasteiger partial charge is 0.262 e. The molecule has 0 radical (unpaired) electrons. The summed E-state index contributed by atoms with van der Waals surface area (Å²) in [5.74, 6) is -0.166. The summed E-state index contributed by atoms with van der Waals surface area (Å²) < 4.78 is 0. The SMILES string of the molecule is N#CC(C(=O)NC1CCN(Cc2ccccc2)C1)=C1CCCCC1. The number of allylic oxidation sites excluding steroid dienone is 1. The van der Waals surface area contributed by atoms with E-state index in [1.54, 1.807) is 0 Å². The van der Waals surface area contributed by atoms with Crippen molar-refractivity contribution < 1.29 is 4.79 Å². The second kappa shape index (κ2) is 8.12. The fourth-order valence-corrected chi connectivity index (χ4v) is 3.71. The molecular weight excluding hydrogens is 298 g/mol. The summed E-state index contributed by atoms with van der Waals surface area (Å²) in [5.41, 5.74) is 2.73. The van der Waals surface area contributed by atoms with E-state index in [0.717, 1.165) is 57.3 Å². The van der Waals surface area contributed by atoms with Crippen molar-refractivity contribution in [2.45, 2.75) is 51.1 Å². The van der Waals surface area contributed by atoms with Crippen LogP contribution in [0.3, 0.4) is 0 Å². The number of nitriles is 1. The number of hydrogen-bond donors (Lipinski definition) is 1. The highest BCUT2D eigenvalue weighted by Gasteiger charge is 2.26. The Morgan fingerprint density at radius 3 is 2.67 bits per heavy atom. The van der Waals surface area contributed by atoms with Gasteiger partial charge in [-0.05, 0) is 43.2 Å². The number of rotatable bonds is 4. The van der Waals surface area contributed by atoms with Crippen LogP contribution in [0.4, 0.5) is 0 Å². The minimum atomic E-state index is -0.166. The molecule has 1 N–H and O–H groups in total. The molecule has 1 saturated heterocycles. The van der Waals surface area contributed by atoms with Gasteiger partial charge in [-0.1, -0.05) is 36.8 Å². The highest BCUT2D eigenvalue weighted by atomic mass is 16.1. The Hall–Kier alpha value is -2.12. The zero-order valence-electron chi connectivity index (χ0n) is 14.1. The number of carbonyl (C=O) groups excluding carboxylic acids is 1. The molecule has 1 saturated carbocycles. The highest BCUT2D eigenvalue weighted by Crippen LogP contribution is 2.26. The molecule has 2 aliphatic rings. The zero-order chi connectivity index (χ0) is 16.8. The van der Waals surface area contributed by atoms with Gasteiger partial charge in [0.1, 0.15) is 11.6 Å². The predicted octanol–water partition coefficient (Wildman–Crippen LogP) is 3.16. The van der Waals surface area contributed by atoms with Gasteiger partial charge in [0, 0.05) is 25.7 Å².